The molecule has 0 amide bonds. The summed E-state index contributed by atoms with van der Waals surface area (Å²) in [5, 5.41) is 3.93. The molecule has 0 radical (unpaired) electrons. The van der Waals surface area contributed by atoms with Gasteiger partial charge in [0.15, 0.2) is 0 Å². The summed E-state index contributed by atoms with van der Waals surface area (Å²) in [6.07, 6.45) is 8.41. The van der Waals surface area contributed by atoms with Gasteiger partial charge in [-0.05, 0) is 63.5 Å². The maximum absolute atomic E-state index is 3.93. The van der Waals surface area contributed by atoms with Crippen LogP contribution in [0.3, 0.4) is 0 Å². The summed E-state index contributed by atoms with van der Waals surface area (Å²) in [5.41, 5.74) is 0. The molecule has 2 fully saturated rings. The Labute approximate surface area is 114 Å². The van der Waals surface area contributed by atoms with Crippen LogP contribution in [0, 0.1) is 11.8 Å². The van der Waals surface area contributed by atoms with Gasteiger partial charge in [-0.2, -0.15) is 0 Å². The molecule has 0 aromatic heterocycles. The molecular formula is C16H32N2. The van der Waals surface area contributed by atoms with Crippen molar-refractivity contribution in [3.05, 3.63) is 0 Å². The quantitative estimate of drug-likeness (QED) is 0.826. The van der Waals surface area contributed by atoms with Gasteiger partial charge in [-0.15, -0.1) is 0 Å². The highest BCUT2D eigenvalue weighted by Gasteiger charge is 2.24. The molecule has 0 unspecified atom stereocenters. The molecule has 1 N–H and O–H groups in total. The Balaban J connectivity index is 1.64. The average molecular weight is 252 g/mol. The van der Waals surface area contributed by atoms with Crippen LogP contribution in [0.4, 0.5) is 0 Å². The van der Waals surface area contributed by atoms with Gasteiger partial charge in [-0.25, -0.2) is 0 Å². The third-order valence-electron chi connectivity index (χ3n) is 4.70. The second-order valence-electron chi connectivity index (χ2n) is 7.09. The highest BCUT2D eigenvalue weighted by atomic mass is 15.1. The Bertz CT molecular complexity index is 223. The van der Waals surface area contributed by atoms with E-state index in [2.05, 4.69) is 31.0 Å². The number of nitrogens with zero attached hydrogens (tertiary/aromatic N) is 1. The standard InChI is InChI=1S/C16H32N2/c1-13(2)12-18-10-8-16(9-11-18)17-15-6-4-14(3)5-7-15/h13-17H,4-12H2,1-3H3. The number of piperidine rings is 1. The van der Waals surface area contributed by atoms with E-state index in [-0.39, 0.29) is 0 Å². The van der Waals surface area contributed by atoms with Crippen LogP contribution >= 0.6 is 0 Å². The lowest BCUT2D eigenvalue weighted by Crippen LogP contribution is -2.47. The molecule has 1 aliphatic carbocycles. The molecule has 1 saturated carbocycles. The molecule has 0 aromatic carbocycles. The molecule has 2 aliphatic rings. The van der Waals surface area contributed by atoms with Crippen molar-refractivity contribution in [3.8, 4) is 0 Å². The predicted octanol–water partition coefficient (Wildman–Crippen LogP) is 3.28. The van der Waals surface area contributed by atoms with Crippen LogP contribution in [-0.4, -0.2) is 36.6 Å². The smallest absolute Gasteiger partial charge is 0.00940 e. The lowest BCUT2D eigenvalue weighted by atomic mass is 9.86. The zero-order chi connectivity index (χ0) is 13.0. The summed E-state index contributed by atoms with van der Waals surface area (Å²) in [7, 11) is 0. The van der Waals surface area contributed by atoms with Crippen molar-refractivity contribution < 1.29 is 0 Å². The molecule has 106 valence electrons. The Morgan fingerprint density at radius 2 is 1.50 bits per heavy atom. The van der Waals surface area contributed by atoms with E-state index in [9.17, 15) is 0 Å². The van der Waals surface area contributed by atoms with Crippen LogP contribution in [0.5, 0.6) is 0 Å². The molecule has 0 atom stereocenters. The van der Waals surface area contributed by atoms with Crippen LogP contribution < -0.4 is 5.32 Å². The molecule has 0 bridgehead atoms. The zero-order valence-electron chi connectivity index (χ0n) is 12.6. The molecular weight excluding hydrogens is 220 g/mol. The molecule has 1 saturated heterocycles. The molecule has 1 heterocycles. The summed E-state index contributed by atoms with van der Waals surface area (Å²) in [6.45, 7) is 11.0. The highest BCUT2D eigenvalue weighted by Crippen LogP contribution is 2.24. The van der Waals surface area contributed by atoms with Gasteiger partial charge in [0.2, 0.25) is 0 Å². The van der Waals surface area contributed by atoms with Gasteiger partial charge in [-0.1, -0.05) is 20.8 Å². The maximum atomic E-state index is 3.93. The first-order valence-electron chi connectivity index (χ1n) is 8.12. The predicted molar refractivity (Wildman–Crippen MR) is 78.9 cm³/mol. The minimum Gasteiger partial charge on any atom is -0.311 e. The number of hydrogen-bond acceptors (Lipinski definition) is 2. The van der Waals surface area contributed by atoms with E-state index in [0.717, 1.165) is 23.9 Å². The molecule has 2 heteroatoms. The van der Waals surface area contributed by atoms with E-state index < -0.39 is 0 Å². The normalized spacial score (nSPS) is 32.0. The molecule has 0 spiro atoms. The fraction of sp³-hybridized carbons (Fsp3) is 1.00. The summed E-state index contributed by atoms with van der Waals surface area (Å²) in [6, 6.07) is 1.62. The third-order valence-corrected chi connectivity index (χ3v) is 4.70. The van der Waals surface area contributed by atoms with Crippen molar-refractivity contribution in [1.29, 1.82) is 0 Å². The minimum absolute atomic E-state index is 0.798. The fourth-order valence-electron chi connectivity index (χ4n) is 3.56. The van der Waals surface area contributed by atoms with Gasteiger partial charge in [0.25, 0.3) is 0 Å². The van der Waals surface area contributed by atoms with Crippen molar-refractivity contribution >= 4 is 0 Å². The summed E-state index contributed by atoms with van der Waals surface area (Å²) >= 11 is 0. The topological polar surface area (TPSA) is 15.3 Å². The molecule has 1 aliphatic heterocycles. The molecule has 2 nitrogen and oxygen atoms in total. The van der Waals surface area contributed by atoms with Crippen molar-refractivity contribution in [1.82, 2.24) is 10.2 Å². The van der Waals surface area contributed by atoms with E-state index in [1.54, 1.807) is 0 Å². The third kappa shape index (κ3) is 4.55. The largest absolute Gasteiger partial charge is 0.311 e. The van der Waals surface area contributed by atoms with Crippen LogP contribution in [0.1, 0.15) is 59.3 Å². The van der Waals surface area contributed by atoms with E-state index in [1.807, 2.05) is 0 Å². The van der Waals surface area contributed by atoms with Gasteiger partial charge < -0.3 is 10.2 Å². The van der Waals surface area contributed by atoms with Crippen molar-refractivity contribution in [2.45, 2.75) is 71.4 Å². The monoisotopic (exact) mass is 252 g/mol. The Morgan fingerprint density at radius 3 is 2.06 bits per heavy atom. The van der Waals surface area contributed by atoms with Gasteiger partial charge in [0.1, 0.15) is 0 Å². The Kier molecular flexibility index (Phi) is 5.50. The number of rotatable bonds is 4. The number of nitrogens with one attached hydrogen (secondary N) is 1. The van der Waals surface area contributed by atoms with Crippen LogP contribution in [-0.2, 0) is 0 Å². The first kappa shape index (κ1) is 14.3. The fourth-order valence-corrected chi connectivity index (χ4v) is 3.56. The van der Waals surface area contributed by atoms with E-state index >= 15 is 0 Å². The lowest BCUT2D eigenvalue weighted by molar-refractivity contribution is 0.166. The number of likely N-dealkylation sites (tertiary alicyclic amines) is 1. The van der Waals surface area contributed by atoms with E-state index in [4.69, 9.17) is 0 Å². The second kappa shape index (κ2) is 6.91. The second-order valence-corrected chi connectivity index (χ2v) is 7.09. The molecule has 0 aromatic rings. The zero-order valence-corrected chi connectivity index (χ0v) is 12.6. The van der Waals surface area contributed by atoms with Crippen LogP contribution in [0.25, 0.3) is 0 Å². The maximum Gasteiger partial charge on any atom is 0.00940 e. The van der Waals surface area contributed by atoms with Crippen molar-refractivity contribution in [2.75, 3.05) is 19.6 Å². The van der Waals surface area contributed by atoms with E-state index in [1.165, 1.54) is 58.2 Å². The van der Waals surface area contributed by atoms with Crippen LogP contribution in [0.15, 0.2) is 0 Å². The van der Waals surface area contributed by atoms with Gasteiger partial charge in [0, 0.05) is 18.6 Å². The van der Waals surface area contributed by atoms with E-state index in [0.29, 0.717) is 0 Å². The van der Waals surface area contributed by atoms with Gasteiger partial charge in [0.05, 0.1) is 0 Å². The number of hydrogen-bond donors (Lipinski definition) is 1. The molecule has 2 rings (SSSR count). The van der Waals surface area contributed by atoms with Crippen molar-refractivity contribution in [2.24, 2.45) is 11.8 Å². The van der Waals surface area contributed by atoms with Crippen LogP contribution in [0.2, 0.25) is 0 Å². The summed E-state index contributed by atoms with van der Waals surface area (Å²) in [5.74, 6) is 1.78. The lowest BCUT2D eigenvalue weighted by Gasteiger charge is -2.37. The summed E-state index contributed by atoms with van der Waals surface area (Å²) < 4.78 is 0. The molecule has 18 heavy (non-hydrogen) atoms. The van der Waals surface area contributed by atoms with Crippen molar-refractivity contribution in [3.63, 3.8) is 0 Å². The summed E-state index contributed by atoms with van der Waals surface area (Å²) in [4.78, 5) is 2.64. The first-order chi connectivity index (χ1) is 8.63. The SMILES string of the molecule is CC(C)CN1CCC(NC2CCC(C)CC2)CC1. The van der Waals surface area contributed by atoms with Gasteiger partial charge in [-0.3, -0.25) is 0 Å². The highest BCUT2D eigenvalue weighted by molar-refractivity contribution is 4.83. The Hall–Kier alpha value is -0.0800. The average Bonchev–Trinajstić information content (AvgIpc) is 2.34. The van der Waals surface area contributed by atoms with Gasteiger partial charge >= 0.3 is 0 Å². The first-order valence-corrected chi connectivity index (χ1v) is 8.12. The minimum atomic E-state index is 0.798. The Morgan fingerprint density at radius 1 is 0.944 bits per heavy atom.